The maximum Gasteiger partial charge on any atom is 0.323 e. The van der Waals surface area contributed by atoms with Crippen molar-refractivity contribution >= 4 is 28.5 Å². The number of hydrogen-bond acceptors (Lipinski definition) is 4. The van der Waals surface area contributed by atoms with Crippen LogP contribution in [0.5, 0.6) is 0 Å². The number of carboxylic acid groups (broad SMARTS) is 1. The molecule has 18 heavy (non-hydrogen) atoms. The maximum absolute atomic E-state index is 11.9. The fourth-order valence-corrected chi connectivity index (χ4v) is 2.71. The highest BCUT2D eigenvalue weighted by molar-refractivity contribution is 7.13. The van der Waals surface area contributed by atoms with Gasteiger partial charge in [0.05, 0.1) is 11.6 Å². The van der Waals surface area contributed by atoms with Gasteiger partial charge in [0.25, 0.3) is 0 Å². The summed E-state index contributed by atoms with van der Waals surface area (Å²) in [6.45, 7) is 4.42. The zero-order chi connectivity index (χ0) is 13.3. The van der Waals surface area contributed by atoms with Gasteiger partial charge >= 0.3 is 12.0 Å². The molecule has 2 N–H and O–H groups in total. The number of aromatic nitrogens is 1. The Morgan fingerprint density at radius 1 is 1.56 bits per heavy atom. The van der Waals surface area contributed by atoms with Gasteiger partial charge in [0.2, 0.25) is 0 Å². The number of rotatable bonds is 2. The summed E-state index contributed by atoms with van der Waals surface area (Å²) in [4.78, 5) is 28.6. The van der Waals surface area contributed by atoms with Crippen LogP contribution in [0.15, 0.2) is 5.38 Å². The molecule has 6 nitrogen and oxygen atoms in total. The van der Waals surface area contributed by atoms with Crippen LogP contribution in [0.2, 0.25) is 0 Å². The van der Waals surface area contributed by atoms with Crippen molar-refractivity contribution in [1.82, 2.24) is 9.88 Å². The minimum absolute atomic E-state index is 0.0220. The van der Waals surface area contributed by atoms with Gasteiger partial charge in [-0.2, -0.15) is 0 Å². The molecular formula is C11H15N3O3S. The molecule has 98 valence electrons. The molecule has 0 saturated carbocycles. The number of carbonyl (C=O) groups is 2. The lowest BCUT2D eigenvalue weighted by Gasteiger charge is -2.15. The lowest BCUT2D eigenvalue weighted by Crippen LogP contribution is -2.33. The van der Waals surface area contributed by atoms with E-state index in [9.17, 15) is 9.59 Å². The molecular weight excluding hydrogens is 254 g/mol. The minimum Gasteiger partial charge on any atom is -0.481 e. The second-order valence-electron chi connectivity index (χ2n) is 4.55. The van der Waals surface area contributed by atoms with E-state index >= 15 is 0 Å². The molecule has 2 amide bonds. The molecule has 0 bridgehead atoms. The molecule has 0 spiro atoms. The third-order valence-corrected chi connectivity index (χ3v) is 3.93. The Bertz CT molecular complexity index is 474. The zero-order valence-corrected chi connectivity index (χ0v) is 11.0. The first kappa shape index (κ1) is 12.8. The molecule has 2 unspecified atom stereocenters. The summed E-state index contributed by atoms with van der Waals surface area (Å²) in [5.74, 6) is -1.34. The molecule has 2 rings (SSSR count). The summed E-state index contributed by atoms with van der Waals surface area (Å²) in [5, 5.41) is 14.1. The number of hydrogen-bond donors (Lipinski definition) is 2. The lowest BCUT2D eigenvalue weighted by molar-refractivity contribution is -0.142. The van der Waals surface area contributed by atoms with Crippen LogP contribution in [-0.4, -0.2) is 40.1 Å². The average molecular weight is 269 g/mol. The third-order valence-electron chi connectivity index (χ3n) is 3.05. The summed E-state index contributed by atoms with van der Waals surface area (Å²) in [7, 11) is 0. The highest BCUT2D eigenvalue weighted by atomic mass is 32.1. The van der Waals surface area contributed by atoms with Gasteiger partial charge in [0.1, 0.15) is 0 Å². The molecule has 1 aromatic rings. The van der Waals surface area contributed by atoms with Crippen molar-refractivity contribution in [3.63, 3.8) is 0 Å². The predicted molar refractivity (Wildman–Crippen MR) is 67.7 cm³/mol. The van der Waals surface area contributed by atoms with E-state index in [1.54, 1.807) is 0 Å². The average Bonchev–Trinajstić information content (AvgIpc) is 2.85. The van der Waals surface area contributed by atoms with E-state index in [0.717, 1.165) is 5.69 Å². The van der Waals surface area contributed by atoms with Crippen molar-refractivity contribution in [1.29, 1.82) is 0 Å². The van der Waals surface area contributed by atoms with Crippen LogP contribution in [-0.2, 0) is 4.79 Å². The van der Waals surface area contributed by atoms with Crippen LogP contribution in [0.4, 0.5) is 9.93 Å². The second kappa shape index (κ2) is 4.93. The Hall–Kier alpha value is -1.63. The fourth-order valence-electron chi connectivity index (χ4n) is 2.04. The van der Waals surface area contributed by atoms with Gasteiger partial charge in [-0.3, -0.25) is 10.1 Å². The Labute approximate surface area is 109 Å². The largest absolute Gasteiger partial charge is 0.481 e. The fraction of sp³-hybridized carbons (Fsp3) is 0.545. The number of nitrogens with one attached hydrogen (secondary N) is 1. The maximum atomic E-state index is 11.9. The van der Waals surface area contributed by atoms with Gasteiger partial charge < -0.3 is 10.0 Å². The van der Waals surface area contributed by atoms with Crippen LogP contribution in [0.1, 0.15) is 12.6 Å². The Kier molecular flexibility index (Phi) is 3.51. The predicted octanol–water partition coefficient (Wildman–Crippen LogP) is 1.64. The van der Waals surface area contributed by atoms with E-state index in [2.05, 4.69) is 10.3 Å². The number of amides is 2. The van der Waals surface area contributed by atoms with Gasteiger partial charge in [-0.25, -0.2) is 9.78 Å². The van der Waals surface area contributed by atoms with Gasteiger partial charge in [-0.15, -0.1) is 11.3 Å². The number of anilines is 1. The molecule has 2 heterocycles. The first-order valence-electron chi connectivity index (χ1n) is 5.68. The second-order valence-corrected chi connectivity index (χ2v) is 5.41. The Morgan fingerprint density at radius 2 is 2.28 bits per heavy atom. The number of thiazole rings is 1. The number of nitrogens with zero attached hydrogens (tertiary/aromatic N) is 2. The van der Waals surface area contributed by atoms with E-state index < -0.39 is 11.9 Å². The highest BCUT2D eigenvalue weighted by Crippen LogP contribution is 2.24. The van der Waals surface area contributed by atoms with Crippen molar-refractivity contribution < 1.29 is 14.7 Å². The Balaban J connectivity index is 1.97. The molecule has 0 aliphatic carbocycles. The van der Waals surface area contributed by atoms with E-state index in [0.29, 0.717) is 11.7 Å². The van der Waals surface area contributed by atoms with Crippen molar-refractivity contribution in [3.8, 4) is 0 Å². The van der Waals surface area contributed by atoms with Crippen LogP contribution < -0.4 is 5.32 Å². The van der Waals surface area contributed by atoms with E-state index in [4.69, 9.17) is 5.11 Å². The number of aryl methyl sites for hydroxylation is 1. The molecule has 1 fully saturated rings. The summed E-state index contributed by atoms with van der Waals surface area (Å²) >= 11 is 1.36. The normalized spacial score (nSPS) is 23.1. The van der Waals surface area contributed by atoms with Crippen LogP contribution >= 0.6 is 11.3 Å². The van der Waals surface area contributed by atoms with Crippen LogP contribution in [0.3, 0.4) is 0 Å². The first-order chi connectivity index (χ1) is 8.47. The quantitative estimate of drug-likeness (QED) is 0.855. The molecule has 0 radical (unpaired) electrons. The highest BCUT2D eigenvalue weighted by Gasteiger charge is 2.37. The summed E-state index contributed by atoms with van der Waals surface area (Å²) in [6, 6.07) is -0.278. The van der Waals surface area contributed by atoms with Gasteiger partial charge in [-0.05, 0) is 12.8 Å². The first-order valence-corrected chi connectivity index (χ1v) is 6.56. The SMILES string of the molecule is Cc1csc(NC(=O)N2CC(C)C(C(=O)O)C2)n1. The van der Waals surface area contributed by atoms with E-state index in [1.165, 1.54) is 16.2 Å². The third kappa shape index (κ3) is 2.61. The lowest BCUT2D eigenvalue weighted by atomic mass is 9.99. The number of likely N-dealkylation sites (tertiary alicyclic amines) is 1. The summed E-state index contributed by atoms with van der Waals surface area (Å²) in [5.41, 5.74) is 0.855. The molecule has 0 aromatic carbocycles. The van der Waals surface area contributed by atoms with Crippen LogP contribution in [0.25, 0.3) is 0 Å². The topological polar surface area (TPSA) is 82.5 Å². The van der Waals surface area contributed by atoms with Gasteiger partial charge in [0, 0.05) is 18.5 Å². The van der Waals surface area contributed by atoms with Crippen molar-refractivity contribution in [2.45, 2.75) is 13.8 Å². The molecule has 1 aromatic heterocycles. The molecule has 1 aliphatic rings. The monoisotopic (exact) mass is 269 g/mol. The molecule has 1 aliphatic heterocycles. The van der Waals surface area contributed by atoms with Crippen molar-refractivity contribution in [3.05, 3.63) is 11.1 Å². The summed E-state index contributed by atoms with van der Waals surface area (Å²) in [6.07, 6.45) is 0. The van der Waals surface area contributed by atoms with Gasteiger partial charge in [-0.1, -0.05) is 6.92 Å². The molecule has 7 heteroatoms. The number of urea groups is 1. The van der Waals surface area contributed by atoms with E-state index in [-0.39, 0.29) is 18.5 Å². The number of carbonyl (C=O) groups excluding carboxylic acids is 1. The Morgan fingerprint density at radius 3 is 2.78 bits per heavy atom. The zero-order valence-electron chi connectivity index (χ0n) is 10.2. The van der Waals surface area contributed by atoms with Crippen LogP contribution in [0, 0.1) is 18.8 Å². The number of aliphatic carboxylic acids is 1. The van der Waals surface area contributed by atoms with Gasteiger partial charge in [0.15, 0.2) is 5.13 Å². The summed E-state index contributed by atoms with van der Waals surface area (Å²) < 4.78 is 0. The number of carboxylic acids is 1. The van der Waals surface area contributed by atoms with Crippen molar-refractivity contribution in [2.24, 2.45) is 11.8 Å². The minimum atomic E-state index is -0.845. The smallest absolute Gasteiger partial charge is 0.323 e. The van der Waals surface area contributed by atoms with Crippen molar-refractivity contribution in [2.75, 3.05) is 18.4 Å². The molecule has 1 saturated heterocycles. The van der Waals surface area contributed by atoms with E-state index in [1.807, 2.05) is 19.2 Å². The molecule has 2 atom stereocenters. The standard InChI is InChI=1S/C11H15N3O3S/c1-6-3-14(4-8(6)9(15)16)11(17)13-10-12-7(2)5-18-10/h5-6,8H,3-4H2,1-2H3,(H,15,16)(H,12,13,17).